The van der Waals surface area contributed by atoms with Gasteiger partial charge in [0, 0.05) is 5.69 Å². The third-order valence-corrected chi connectivity index (χ3v) is 9.02. The summed E-state index contributed by atoms with van der Waals surface area (Å²) in [6, 6.07) is 5.88. The van der Waals surface area contributed by atoms with E-state index in [1.165, 1.54) is 29.1 Å². The molecule has 9 N–H and O–H groups in total. The second kappa shape index (κ2) is 11.2. The van der Waals surface area contributed by atoms with Crippen LogP contribution >= 0.6 is 23.5 Å². The Morgan fingerprint density at radius 2 is 1.73 bits per heavy atom. The highest BCUT2D eigenvalue weighted by atomic mass is 31.3. The Balaban J connectivity index is 1.58. The number of rotatable bonds is 10. The highest BCUT2D eigenvalue weighted by molar-refractivity contribution is 7.66. The van der Waals surface area contributed by atoms with Crippen LogP contribution in [0.4, 0.5) is 11.5 Å². The largest absolute Gasteiger partial charge is 0.490 e. The third kappa shape index (κ3) is 6.90. The topological polar surface area (TPSA) is 311 Å². The van der Waals surface area contributed by atoms with Gasteiger partial charge in [0.05, 0.1) is 18.5 Å². The molecule has 1 fully saturated rings. The molecule has 0 saturated carbocycles. The SMILES string of the molecule is Nc1ccccc1C(=O)OC1C(O)C(COP(=O)(O)OP(=O)(O)OP(=O)(O)O)OC1n1cnc2c(N)ncnc21. The van der Waals surface area contributed by atoms with Crippen molar-refractivity contribution in [3.05, 3.63) is 42.5 Å². The van der Waals surface area contributed by atoms with Gasteiger partial charge in [0.25, 0.3) is 0 Å². The molecule has 6 unspecified atom stereocenters. The van der Waals surface area contributed by atoms with E-state index in [9.17, 15) is 33.4 Å². The minimum atomic E-state index is -5.79. The molecule has 218 valence electrons. The number of ether oxygens (including phenoxy) is 2. The Labute approximate surface area is 222 Å². The fourth-order valence-corrected chi connectivity index (χ4v) is 6.63. The molecule has 3 aromatic rings. The number of hydrogen-bond acceptors (Lipinski definition) is 15. The van der Waals surface area contributed by atoms with Crippen LogP contribution in [0.1, 0.15) is 16.6 Å². The molecule has 0 amide bonds. The molecule has 2 aromatic heterocycles. The van der Waals surface area contributed by atoms with Crippen molar-refractivity contribution in [2.75, 3.05) is 18.1 Å². The zero-order valence-electron chi connectivity index (χ0n) is 19.7. The summed E-state index contributed by atoms with van der Waals surface area (Å²) in [5, 5.41) is 10.9. The van der Waals surface area contributed by atoms with Crippen molar-refractivity contribution in [3.63, 3.8) is 0 Å². The first-order valence-electron chi connectivity index (χ1n) is 10.7. The number of imidazole rings is 1. The minimum absolute atomic E-state index is 0.00268. The van der Waals surface area contributed by atoms with E-state index in [0.29, 0.717) is 0 Å². The molecule has 20 nitrogen and oxygen atoms in total. The molecule has 0 aliphatic carbocycles. The highest BCUT2D eigenvalue weighted by Crippen LogP contribution is 2.66. The molecular formula is C17H21N6O14P3. The molecule has 1 saturated heterocycles. The van der Waals surface area contributed by atoms with Crippen LogP contribution in [-0.4, -0.2) is 75.1 Å². The molecule has 4 rings (SSSR count). The average molecular weight is 626 g/mol. The number of nitrogens with two attached hydrogens (primary N) is 2. The van der Waals surface area contributed by atoms with Crippen LogP contribution in [0.2, 0.25) is 0 Å². The van der Waals surface area contributed by atoms with Gasteiger partial charge in [-0.05, 0) is 12.1 Å². The van der Waals surface area contributed by atoms with Gasteiger partial charge in [0.15, 0.2) is 23.8 Å². The van der Waals surface area contributed by atoms with E-state index in [1.54, 1.807) is 6.07 Å². The lowest BCUT2D eigenvalue weighted by Gasteiger charge is -2.22. The van der Waals surface area contributed by atoms with Crippen molar-refractivity contribution < 1.29 is 65.8 Å². The monoisotopic (exact) mass is 626 g/mol. The molecule has 1 aliphatic rings. The summed E-state index contributed by atoms with van der Waals surface area (Å²) in [6.07, 6.45) is -3.98. The summed E-state index contributed by atoms with van der Waals surface area (Å²) in [5.74, 6) is -0.972. The van der Waals surface area contributed by atoms with Crippen LogP contribution in [0.5, 0.6) is 0 Å². The summed E-state index contributed by atoms with van der Waals surface area (Å²) in [4.78, 5) is 61.2. The minimum Gasteiger partial charge on any atom is -0.451 e. The number of phosphoric ester groups is 1. The lowest BCUT2D eigenvalue weighted by molar-refractivity contribution is -0.0557. The van der Waals surface area contributed by atoms with Gasteiger partial charge >= 0.3 is 29.4 Å². The van der Waals surface area contributed by atoms with Crippen molar-refractivity contribution >= 4 is 52.1 Å². The molecule has 1 aliphatic heterocycles. The van der Waals surface area contributed by atoms with Gasteiger partial charge < -0.3 is 45.6 Å². The summed E-state index contributed by atoms with van der Waals surface area (Å²) in [6.45, 7) is -1.04. The number of carbonyl (C=O) groups excluding carboxylic acids is 1. The number of aliphatic hydroxyl groups excluding tert-OH is 1. The number of hydrogen-bond donors (Lipinski definition) is 7. The van der Waals surface area contributed by atoms with E-state index < -0.39 is 60.6 Å². The Bertz CT molecular complexity index is 1560. The van der Waals surface area contributed by atoms with Gasteiger partial charge in [-0.2, -0.15) is 8.62 Å². The van der Waals surface area contributed by atoms with Gasteiger partial charge in [-0.15, -0.1) is 0 Å². The van der Waals surface area contributed by atoms with Crippen LogP contribution in [0.15, 0.2) is 36.9 Å². The van der Waals surface area contributed by atoms with Crippen molar-refractivity contribution in [2.24, 2.45) is 0 Å². The Morgan fingerprint density at radius 3 is 2.40 bits per heavy atom. The summed E-state index contributed by atoms with van der Waals surface area (Å²) >= 11 is 0. The number of nitrogen functional groups attached to an aromatic ring is 2. The first kappa shape index (κ1) is 30.1. The Morgan fingerprint density at radius 1 is 1.02 bits per heavy atom. The standard InChI is InChI=1S/C17H21N6O14P3/c18-9-4-2-1-3-8(9)17(25)35-13-12(24)10(5-33-39(29,30)37-40(31,32)36-38(26,27)28)34-16(13)23-7-22-11-14(19)20-6-21-15(11)23/h1-4,6-7,10,12-13,16,24H,5,18H2,(H,29,30)(H,31,32)(H2,19,20,21)(H2,26,27,28). The molecule has 0 spiro atoms. The number of esters is 1. The van der Waals surface area contributed by atoms with Gasteiger partial charge in [-0.3, -0.25) is 9.09 Å². The average Bonchev–Trinajstić information content (AvgIpc) is 3.38. The lowest BCUT2D eigenvalue weighted by atomic mass is 10.1. The van der Waals surface area contributed by atoms with Crippen LogP contribution in [0.25, 0.3) is 11.2 Å². The molecule has 1 aromatic carbocycles. The number of nitrogens with zero attached hydrogens (tertiary/aromatic N) is 4. The molecular weight excluding hydrogens is 605 g/mol. The van der Waals surface area contributed by atoms with E-state index in [2.05, 4.69) is 28.1 Å². The summed E-state index contributed by atoms with van der Waals surface area (Å²) < 4.78 is 58.8. The molecule has 0 radical (unpaired) electrons. The van der Waals surface area contributed by atoms with E-state index >= 15 is 0 Å². The summed E-state index contributed by atoms with van der Waals surface area (Å²) in [7, 11) is -17.0. The maximum Gasteiger partial charge on any atom is 0.490 e. The fourth-order valence-electron chi connectivity index (χ4n) is 3.60. The van der Waals surface area contributed by atoms with Gasteiger partial charge in [-0.25, -0.2) is 33.4 Å². The van der Waals surface area contributed by atoms with E-state index in [1.807, 2.05) is 0 Å². The molecule has 3 heterocycles. The first-order chi connectivity index (χ1) is 18.6. The van der Waals surface area contributed by atoms with Crippen molar-refractivity contribution in [1.29, 1.82) is 0 Å². The fraction of sp³-hybridized carbons (Fsp3) is 0.294. The zero-order chi connectivity index (χ0) is 29.5. The molecule has 40 heavy (non-hydrogen) atoms. The number of aromatic nitrogens is 4. The van der Waals surface area contributed by atoms with E-state index in [4.69, 9.17) is 30.7 Å². The summed E-state index contributed by atoms with van der Waals surface area (Å²) in [5.41, 5.74) is 11.9. The quantitative estimate of drug-likeness (QED) is 0.0871. The smallest absolute Gasteiger partial charge is 0.451 e. The zero-order valence-corrected chi connectivity index (χ0v) is 22.4. The van der Waals surface area contributed by atoms with Crippen LogP contribution in [0, 0.1) is 0 Å². The van der Waals surface area contributed by atoms with Crippen molar-refractivity contribution in [3.8, 4) is 0 Å². The predicted molar refractivity (Wildman–Crippen MR) is 130 cm³/mol. The van der Waals surface area contributed by atoms with Crippen LogP contribution in [0.3, 0.4) is 0 Å². The maximum absolute atomic E-state index is 12.9. The van der Waals surface area contributed by atoms with Crippen LogP contribution in [-0.2, 0) is 36.3 Å². The Kier molecular flexibility index (Phi) is 8.45. The first-order valence-corrected chi connectivity index (χ1v) is 15.2. The molecule has 0 bridgehead atoms. The number of phosphoric acid groups is 3. The number of carbonyl (C=O) groups is 1. The highest BCUT2D eigenvalue weighted by Gasteiger charge is 2.49. The maximum atomic E-state index is 12.9. The number of aliphatic hydroxyl groups is 1. The number of para-hydroxylation sites is 1. The van der Waals surface area contributed by atoms with Gasteiger partial charge in [0.2, 0.25) is 0 Å². The van der Waals surface area contributed by atoms with Crippen LogP contribution < -0.4 is 11.5 Å². The van der Waals surface area contributed by atoms with E-state index in [-0.39, 0.29) is 28.2 Å². The molecule has 23 heteroatoms. The predicted octanol–water partition coefficient (Wildman–Crippen LogP) is -0.182. The third-order valence-electron chi connectivity index (χ3n) is 5.22. The Hall–Kier alpha value is -2.83. The lowest BCUT2D eigenvalue weighted by Crippen LogP contribution is -2.37. The van der Waals surface area contributed by atoms with E-state index in [0.717, 1.165) is 6.33 Å². The second-order valence-electron chi connectivity index (χ2n) is 7.98. The van der Waals surface area contributed by atoms with Gasteiger partial charge in [-0.1, -0.05) is 12.1 Å². The number of anilines is 2. The van der Waals surface area contributed by atoms with Crippen molar-refractivity contribution in [2.45, 2.75) is 24.5 Å². The number of benzene rings is 1. The number of fused-ring (bicyclic) bond motifs is 1. The molecule has 6 atom stereocenters. The second-order valence-corrected chi connectivity index (χ2v) is 12.4. The normalized spacial score (nSPS) is 24.4. The van der Waals surface area contributed by atoms with Crippen molar-refractivity contribution in [1.82, 2.24) is 19.5 Å². The van der Waals surface area contributed by atoms with Gasteiger partial charge in [0.1, 0.15) is 24.1 Å².